The largest absolute Gasteiger partial charge is 0.507 e. The van der Waals surface area contributed by atoms with Gasteiger partial charge in [0.25, 0.3) is 0 Å². The summed E-state index contributed by atoms with van der Waals surface area (Å²) in [6, 6.07) is 10.8. The quantitative estimate of drug-likeness (QED) is 0.493. The number of piperidine rings is 1. The van der Waals surface area contributed by atoms with Crippen LogP contribution in [0.3, 0.4) is 0 Å². The topological polar surface area (TPSA) is 89.9 Å². The van der Waals surface area contributed by atoms with Crippen LogP contribution in [0.2, 0.25) is 0 Å². The number of nitrogens with one attached hydrogen (secondary N) is 1. The molecule has 2 amide bonds. The Bertz CT molecular complexity index is 1040. The second-order valence-electron chi connectivity index (χ2n) is 11.7. The summed E-state index contributed by atoms with van der Waals surface area (Å²) in [5, 5.41) is 23.6. The third-order valence-corrected chi connectivity index (χ3v) is 6.79. The molecule has 3 rings (SSSR count). The van der Waals surface area contributed by atoms with E-state index in [2.05, 4.69) is 46.9 Å². The molecule has 6 nitrogen and oxygen atoms in total. The molecule has 0 spiro atoms. The molecule has 1 aliphatic heterocycles. The number of hydrogen-bond donors (Lipinski definition) is 3. The van der Waals surface area contributed by atoms with Crippen LogP contribution in [0.4, 0.5) is 5.69 Å². The van der Waals surface area contributed by atoms with E-state index in [-0.39, 0.29) is 34.3 Å². The van der Waals surface area contributed by atoms with Crippen molar-refractivity contribution in [2.24, 2.45) is 5.92 Å². The van der Waals surface area contributed by atoms with Crippen molar-refractivity contribution in [2.75, 3.05) is 18.4 Å². The van der Waals surface area contributed by atoms with Gasteiger partial charge in [-0.25, -0.2) is 0 Å². The van der Waals surface area contributed by atoms with Crippen LogP contribution in [0.15, 0.2) is 36.4 Å². The molecule has 0 saturated carbocycles. The molecule has 35 heavy (non-hydrogen) atoms. The van der Waals surface area contributed by atoms with Crippen molar-refractivity contribution in [2.45, 2.75) is 78.1 Å². The molecule has 1 fully saturated rings. The van der Waals surface area contributed by atoms with Crippen molar-refractivity contribution in [3.8, 4) is 11.5 Å². The van der Waals surface area contributed by atoms with Gasteiger partial charge < -0.3 is 20.4 Å². The standard InChI is InChI=1S/C29H40N2O4/c1-28(2,3)21-17-19(18-22(26(21)34)29(4,5)6)11-12-25(33)31-15-13-20(14-16-31)27(35)30-23-9-7-8-10-24(23)32/h7-10,17-18,20,32,34H,11-16H2,1-6H3,(H,30,35). The van der Waals surface area contributed by atoms with Crippen molar-refractivity contribution in [1.82, 2.24) is 4.90 Å². The van der Waals surface area contributed by atoms with E-state index in [0.29, 0.717) is 50.2 Å². The first-order valence-corrected chi connectivity index (χ1v) is 12.5. The number of nitrogens with zero attached hydrogens (tertiary/aromatic N) is 1. The van der Waals surface area contributed by atoms with Gasteiger partial charge in [0.2, 0.25) is 11.8 Å². The van der Waals surface area contributed by atoms with Gasteiger partial charge in [0.15, 0.2) is 0 Å². The normalized spacial score (nSPS) is 15.2. The summed E-state index contributed by atoms with van der Waals surface area (Å²) in [5.41, 5.74) is 2.87. The highest BCUT2D eigenvalue weighted by atomic mass is 16.3. The van der Waals surface area contributed by atoms with E-state index in [1.165, 1.54) is 0 Å². The van der Waals surface area contributed by atoms with Crippen LogP contribution in [-0.4, -0.2) is 40.0 Å². The molecular formula is C29H40N2O4. The SMILES string of the molecule is CC(C)(C)c1cc(CCC(=O)N2CCC(C(=O)Nc3ccccc3O)CC2)cc(C(C)(C)C)c1O. The fraction of sp³-hybridized carbons (Fsp3) is 0.517. The number of phenolic OH excluding ortho intramolecular Hbond substituents is 2. The molecule has 2 aromatic carbocycles. The second kappa shape index (κ2) is 10.3. The molecular weight excluding hydrogens is 440 g/mol. The summed E-state index contributed by atoms with van der Waals surface area (Å²) >= 11 is 0. The highest BCUT2D eigenvalue weighted by Crippen LogP contribution is 2.40. The minimum absolute atomic E-state index is 0.0481. The van der Waals surface area contributed by atoms with Crippen LogP contribution >= 0.6 is 0 Å². The molecule has 2 aromatic rings. The van der Waals surface area contributed by atoms with Crippen LogP contribution in [0.5, 0.6) is 11.5 Å². The van der Waals surface area contributed by atoms with Crippen LogP contribution in [0.1, 0.15) is 77.5 Å². The molecule has 0 radical (unpaired) electrons. The molecule has 0 aliphatic carbocycles. The maximum absolute atomic E-state index is 13.0. The molecule has 1 saturated heterocycles. The van der Waals surface area contributed by atoms with Crippen molar-refractivity contribution >= 4 is 17.5 Å². The molecule has 1 heterocycles. The summed E-state index contributed by atoms with van der Waals surface area (Å²) in [7, 11) is 0. The van der Waals surface area contributed by atoms with Gasteiger partial charge in [-0.15, -0.1) is 0 Å². The number of phenols is 2. The summed E-state index contributed by atoms with van der Waals surface area (Å²) in [5.74, 6) is 0.190. The van der Waals surface area contributed by atoms with Crippen molar-refractivity contribution in [1.29, 1.82) is 0 Å². The second-order valence-corrected chi connectivity index (χ2v) is 11.7. The van der Waals surface area contributed by atoms with Gasteiger partial charge >= 0.3 is 0 Å². The maximum Gasteiger partial charge on any atom is 0.227 e. The number of aryl methyl sites for hydroxylation is 1. The molecule has 190 valence electrons. The number of benzene rings is 2. The van der Waals surface area contributed by atoms with E-state index >= 15 is 0 Å². The van der Waals surface area contributed by atoms with Crippen molar-refractivity contribution in [3.05, 3.63) is 53.1 Å². The number of rotatable bonds is 5. The van der Waals surface area contributed by atoms with Gasteiger partial charge in [-0.3, -0.25) is 9.59 Å². The van der Waals surface area contributed by atoms with E-state index in [4.69, 9.17) is 0 Å². The average molecular weight is 481 g/mol. The van der Waals surface area contributed by atoms with Gasteiger partial charge in [-0.05, 0) is 58.9 Å². The number of para-hydroxylation sites is 2. The molecule has 0 atom stereocenters. The van der Waals surface area contributed by atoms with Gasteiger partial charge in [0.05, 0.1) is 5.69 Å². The number of likely N-dealkylation sites (tertiary alicyclic amines) is 1. The number of anilines is 1. The number of carbonyl (C=O) groups is 2. The van der Waals surface area contributed by atoms with Crippen molar-refractivity contribution < 1.29 is 19.8 Å². The average Bonchev–Trinajstić information content (AvgIpc) is 2.78. The monoisotopic (exact) mass is 480 g/mol. The smallest absolute Gasteiger partial charge is 0.227 e. The Kier molecular flexibility index (Phi) is 7.83. The van der Waals surface area contributed by atoms with E-state index < -0.39 is 0 Å². The van der Waals surface area contributed by atoms with Gasteiger partial charge in [-0.1, -0.05) is 65.8 Å². The zero-order valence-corrected chi connectivity index (χ0v) is 21.9. The molecule has 6 heteroatoms. The number of hydrogen-bond acceptors (Lipinski definition) is 4. The Morgan fingerprint density at radius 1 is 0.943 bits per heavy atom. The van der Waals surface area contributed by atoms with E-state index in [1.807, 2.05) is 17.0 Å². The summed E-state index contributed by atoms with van der Waals surface area (Å²) in [6.07, 6.45) is 2.21. The Hall–Kier alpha value is -3.02. The van der Waals surface area contributed by atoms with E-state index in [1.54, 1.807) is 24.3 Å². The van der Waals surface area contributed by atoms with Gasteiger partial charge in [0, 0.05) is 25.4 Å². The molecule has 0 bridgehead atoms. The predicted octanol–water partition coefficient (Wildman–Crippen LogP) is 5.50. The lowest BCUT2D eigenvalue weighted by atomic mass is 9.78. The summed E-state index contributed by atoms with van der Waals surface area (Å²) in [4.78, 5) is 27.4. The first-order chi connectivity index (χ1) is 16.3. The number of carbonyl (C=O) groups excluding carboxylic acids is 2. The lowest BCUT2D eigenvalue weighted by Crippen LogP contribution is -2.41. The lowest BCUT2D eigenvalue weighted by molar-refractivity contribution is -0.134. The Morgan fingerprint density at radius 3 is 2.00 bits per heavy atom. The van der Waals surface area contributed by atoms with Gasteiger partial charge in [-0.2, -0.15) is 0 Å². The van der Waals surface area contributed by atoms with Crippen LogP contribution in [0.25, 0.3) is 0 Å². The van der Waals surface area contributed by atoms with E-state index in [0.717, 1.165) is 16.7 Å². The molecule has 1 aliphatic rings. The zero-order chi connectivity index (χ0) is 26.0. The van der Waals surface area contributed by atoms with Gasteiger partial charge in [0.1, 0.15) is 11.5 Å². The first-order valence-electron chi connectivity index (χ1n) is 12.5. The zero-order valence-electron chi connectivity index (χ0n) is 21.9. The van der Waals surface area contributed by atoms with Crippen molar-refractivity contribution in [3.63, 3.8) is 0 Å². The highest BCUT2D eigenvalue weighted by Gasteiger charge is 2.29. The Labute approximate surface area is 209 Å². The Morgan fingerprint density at radius 2 is 1.49 bits per heavy atom. The Balaban J connectivity index is 1.60. The molecule has 0 aromatic heterocycles. The van der Waals surface area contributed by atoms with E-state index in [9.17, 15) is 19.8 Å². The number of aromatic hydroxyl groups is 2. The minimum Gasteiger partial charge on any atom is -0.507 e. The summed E-state index contributed by atoms with van der Waals surface area (Å²) in [6.45, 7) is 13.6. The number of amides is 2. The predicted molar refractivity (Wildman–Crippen MR) is 140 cm³/mol. The molecule has 3 N–H and O–H groups in total. The first kappa shape index (κ1) is 26.6. The fourth-order valence-corrected chi connectivity index (χ4v) is 4.60. The molecule has 0 unspecified atom stereocenters. The van der Waals surface area contributed by atoms with Crippen LogP contribution < -0.4 is 5.32 Å². The summed E-state index contributed by atoms with van der Waals surface area (Å²) < 4.78 is 0. The lowest BCUT2D eigenvalue weighted by Gasteiger charge is -2.31. The van der Waals surface area contributed by atoms with Crippen LogP contribution in [-0.2, 0) is 26.8 Å². The van der Waals surface area contributed by atoms with Crippen LogP contribution in [0, 0.1) is 5.92 Å². The minimum atomic E-state index is -0.205. The highest BCUT2D eigenvalue weighted by molar-refractivity contribution is 5.94. The third kappa shape index (κ3) is 6.56. The third-order valence-electron chi connectivity index (χ3n) is 6.79. The fourth-order valence-electron chi connectivity index (χ4n) is 4.60. The maximum atomic E-state index is 13.0.